The van der Waals surface area contributed by atoms with Gasteiger partial charge in [0.05, 0.1) is 33.5 Å². The van der Waals surface area contributed by atoms with Gasteiger partial charge in [0.2, 0.25) is 0 Å². The zero-order chi connectivity index (χ0) is 44.7. The van der Waals surface area contributed by atoms with Gasteiger partial charge in [-0.05, 0) is 110 Å². The molecule has 4 nitrogen and oxygen atoms in total. The van der Waals surface area contributed by atoms with Crippen LogP contribution >= 0.6 is 0 Å². The van der Waals surface area contributed by atoms with Gasteiger partial charge >= 0.3 is 0 Å². The predicted octanol–water partition coefficient (Wildman–Crippen LogP) is 16.8. The first-order chi connectivity index (χ1) is 33.7. The van der Waals surface area contributed by atoms with Gasteiger partial charge in [-0.25, -0.2) is 9.97 Å². The maximum atomic E-state index is 5.16. The van der Waals surface area contributed by atoms with Gasteiger partial charge in [0.1, 0.15) is 0 Å². The summed E-state index contributed by atoms with van der Waals surface area (Å²) in [5, 5.41) is 12.5. The fraction of sp³-hybridized carbons (Fsp3) is 0. The van der Waals surface area contributed by atoms with Crippen LogP contribution in [0.2, 0.25) is 0 Å². The average molecular weight is 865 g/mol. The number of benzene rings is 11. The van der Waals surface area contributed by atoms with Crippen LogP contribution in [0.4, 0.5) is 0 Å². The third kappa shape index (κ3) is 6.01. The Hall–Kier alpha value is -9.12. The third-order valence-electron chi connectivity index (χ3n) is 13.9. The molecular formula is C64H40N4. The molecule has 0 radical (unpaired) electrons. The molecule has 4 heteroatoms. The molecule has 316 valence electrons. The lowest BCUT2D eigenvalue weighted by Crippen LogP contribution is -1.98. The highest BCUT2D eigenvalue weighted by atomic mass is 15.0. The average Bonchev–Trinajstić information content (AvgIpc) is 3.93. The highest BCUT2D eigenvalue weighted by Gasteiger charge is 2.19. The Morgan fingerprint density at radius 2 is 0.632 bits per heavy atom. The zero-order valence-corrected chi connectivity index (χ0v) is 36.9. The number of hydrogen-bond donors (Lipinski definition) is 0. The van der Waals surface area contributed by atoms with E-state index in [0.29, 0.717) is 5.82 Å². The summed E-state index contributed by atoms with van der Waals surface area (Å²) in [6.07, 6.45) is 0. The molecule has 0 aliphatic carbocycles. The topological polar surface area (TPSA) is 35.6 Å². The van der Waals surface area contributed by atoms with Crippen molar-refractivity contribution in [3.8, 4) is 56.4 Å². The van der Waals surface area contributed by atoms with Crippen LogP contribution in [0.3, 0.4) is 0 Å². The maximum absolute atomic E-state index is 5.16. The minimum absolute atomic E-state index is 0.689. The van der Waals surface area contributed by atoms with Gasteiger partial charge in [0, 0.05) is 49.6 Å². The lowest BCUT2D eigenvalue weighted by molar-refractivity contribution is 1.16. The molecule has 68 heavy (non-hydrogen) atoms. The van der Waals surface area contributed by atoms with E-state index in [1.54, 1.807) is 0 Å². The molecule has 14 rings (SSSR count). The molecule has 14 aromatic rings. The van der Waals surface area contributed by atoms with Crippen LogP contribution in [0.1, 0.15) is 0 Å². The van der Waals surface area contributed by atoms with Gasteiger partial charge in [-0.15, -0.1) is 0 Å². The molecule has 3 heterocycles. The van der Waals surface area contributed by atoms with Crippen molar-refractivity contribution in [3.05, 3.63) is 243 Å². The molecule has 0 aliphatic heterocycles. The van der Waals surface area contributed by atoms with E-state index >= 15 is 0 Å². The number of rotatable bonds is 6. The molecule has 0 saturated heterocycles. The summed E-state index contributed by atoms with van der Waals surface area (Å²) in [5.41, 5.74) is 14.1. The summed E-state index contributed by atoms with van der Waals surface area (Å²) in [4.78, 5) is 10.3. The first-order valence-electron chi connectivity index (χ1n) is 23.2. The molecular weight excluding hydrogens is 825 g/mol. The van der Waals surface area contributed by atoms with Crippen LogP contribution in [0.15, 0.2) is 243 Å². The molecule has 11 aromatic carbocycles. The fourth-order valence-electron chi connectivity index (χ4n) is 10.8. The molecule has 3 aromatic heterocycles. The largest absolute Gasteiger partial charge is 0.309 e. The number of aromatic nitrogens is 4. The molecule has 0 atom stereocenters. The van der Waals surface area contributed by atoms with Crippen molar-refractivity contribution in [2.75, 3.05) is 0 Å². The standard InChI is InChI=1S/C64H40N4/c1-3-16-41(17-4-1)58-40-59(42-18-5-2-6-19-42)66-64(65-58)45-20-15-21-46(36-45)67-60-28-13-11-26-53(60)56-37-43(30-34-62(56)67)44-31-35-63-57(38-44)54-27-12-14-29-61(54)68(63)47-32-33-52-50-24-8-7-22-48(50)49-23-9-10-25-51(49)55(52)39-47/h1-40H. The van der Waals surface area contributed by atoms with Gasteiger partial charge < -0.3 is 9.13 Å². The van der Waals surface area contributed by atoms with Crippen molar-refractivity contribution in [2.45, 2.75) is 0 Å². The summed E-state index contributed by atoms with van der Waals surface area (Å²) < 4.78 is 4.82. The normalized spacial score (nSPS) is 11.8. The van der Waals surface area contributed by atoms with Gasteiger partial charge in [-0.1, -0.05) is 176 Å². The second-order valence-electron chi connectivity index (χ2n) is 17.7. The van der Waals surface area contributed by atoms with Crippen LogP contribution in [0, 0.1) is 0 Å². The Kier molecular flexibility index (Phi) is 8.55. The van der Waals surface area contributed by atoms with E-state index in [1.807, 2.05) is 12.1 Å². The lowest BCUT2D eigenvalue weighted by atomic mass is 9.94. The molecule has 0 amide bonds. The van der Waals surface area contributed by atoms with E-state index in [0.717, 1.165) is 50.5 Å². The monoisotopic (exact) mass is 864 g/mol. The van der Waals surface area contributed by atoms with E-state index in [1.165, 1.54) is 76.0 Å². The van der Waals surface area contributed by atoms with Crippen molar-refractivity contribution in [2.24, 2.45) is 0 Å². The first kappa shape index (κ1) is 38.2. The lowest BCUT2D eigenvalue weighted by Gasteiger charge is -2.14. The summed E-state index contributed by atoms with van der Waals surface area (Å²) in [6, 6.07) is 87.5. The highest BCUT2D eigenvalue weighted by Crippen LogP contribution is 2.41. The number of hydrogen-bond acceptors (Lipinski definition) is 2. The van der Waals surface area contributed by atoms with E-state index in [2.05, 4.69) is 240 Å². The van der Waals surface area contributed by atoms with Crippen molar-refractivity contribution in [1.29, 1.82) is 0 Å². The van der Waals surface area contributed by atoms with E-state index in [9.17, 15) is 0 Å². The Morgan fingerprint density at radius 1 is 0.221 bits per heavy atom. The van der Waals surface area contributed by atoms with Gasteiger partial charge in [-0.3, -0.25) is 0 Å². The molecule has 0 saturated carbocycles. The number of fused-ring (bicyclic) bond motifs is 12. The van der Waals surface area contributed by atoms with Gasteiger partial charge in [0.25, 0.3) is 0 Å². The molecule has 0 fully saturated rings. The van der Waals surface area contributed by atoms with Crippen LogP contribution in [0.25, 0.3) is 132 Å². The molecule has 0 unspecified atom stereocenters. The van der Waals surface area contributed by atoms with Crippen LogP contribution in [-0.2, 0) is 0 Å². The van der Waals surface area contributed by atoms with Crippen LogP contribution in [-0.4, -0.2) is 19.1 Å². The molecule has 0 N–H and O–H groups in total. The van der Waals surface area contributed by atoms with Crippen molar-refractivity contribution >= 4 is 75.9 Å². The second-order valence-corrected chi connectivity index (χ2v) is 17.7. The van der Waals surface area contributed by atoms with E-state index in [-0.39, 0.29) is 0 Å². The Bertz CT molecular complexity index is 4220. The molecule has 0 bridgehead atoms. The molecule has 0 aliphatic rings. The smallest absolute Gasteiger partial charge is 0.160 e. The molecule has 0 spiro atoms. The Labute approximate surface area is 392 Å². The summed E-state index contributed by atoms with van der Waals surface area (Å²) in [7, 11) is 0. The van der Waals surface area contributed by atoms with Crippen LogP contribution < -0.4 is 0 Å². The van der Waals surface area contributed by atoms with Crippen LogP contribution in [0.5, 0.6) is 0 Å². The number of nitrogens with zero attached hydrogens (tertiary/aromatic N) is 4. The van der Waals surface area contributed by atoms with E-state index < -0.39 is 0 Å². The van der Waals surface area contributed by atoms with Gasteiger partial charge in [0.15, 0.2) is 5.82 Å². The predicted molar refractivity (Wildman–Crippen MR) is 285 cm³/mol. The summed E-state index contributed by atoms with van der Waals surface area (Å²) in [5.74, 6) is 0.689. The van der Waals surface area contributed by atoms with Crippen molar-refractivity contribution < 1.29 is 0 Å². The Morgan fingerprint density at radius 3 is 1.16 bits per heavy atom. The van der Waals surface area contributed by atoms with E-state index in [4.69, 9.17) is 9.97 Å². The Balaban J connectivity index is 0.892. The van der Waals surface area contributed by atoms with Crippen molar-refractivity contribution in [3.63, 3.8) is 0 Å². The zero-order valence-electron chi connectivity index (χ0n) is 36.9. The summed E-state index contributed by atoms with van der Waals surface area (Å²) in [6.45, 7) is 0. The second kappa shape index (κ2) is 15.2. The SMILES string of the molecule is c1ccc(-c2cc(-c3ccccc3)nc(-c3cccc(-n4c5ccccc5c5cc(-c6ccc7c(c6)c6ccccc6n7-c6ccc7c8ccccc8c8ccccc8c7c6)ccc54)c3)n2)cc1. The minimum Gasteiger partial charge on any atom is -0.309 e. The minimum atomic E-state index is 0.689. The summed E-state index contributed by atoms with van der Waals surface area (Å²) >= 11 is 0. The quantitative estimate of drug-likeness (QED) is 0.156. The number of para-hydroxylation sites is 2. The fourth-order valence-corrected chi connectivity index (χ4v) is 10.8. The first-order valence-corrected chi connectivity index (χ1v) is 23.2. The highest BCUT2D eigenvalue weighted by molar-refractivity contribution is 6.25. The maximum Gasteiger partial charge on any atom is 0.160 e. The van der Waals surface area contributed by atoms with Crippen molar-refractivity contribution in [1.82, 2.24) is 19.1 Å². The van der Waals surface area contributed by atoms with Gasteiger partial charge in [-0.2, -0.15) is 0 Å². The third-order valence-corrected chi connectivity index (χ3v) is 13.9.